The molecule has 0 aliphatic carbocycles. The molecule has 0 atom stereocenters. The van der Waals surface area contributed by atoms with Gasteiger partial charge in [-0.2, -0.15) is 5.10 Å². The lowest BCUT2D eigenvalue weighted by atomic mass is 10.0. The van der Waals surface area contributed by atoms with E-state index in [2.05, 4.69) is 26.6 Å². The Bertz CT molecular complexity index is 475. The molecule has 0 unspecified atom stereocenters. The Hall–Kier alpha value is -1.68. The number of hydrogen-bond donors (Lipinski definition) is 2. The lowest BCUT2D eigenvalue weighted by molar-refractivity contribution is 0.703. The Balaban J connectivity index is 2.06. The minimum atomic E-state index is 1.03. The Morgan fingerprint density at radius 3 is 3.00 bits per heavy atom. The second kappa shape index (κ2) is 4.06. The van der Waals surface area contributed by atoms with Crippen molar-refractivity contribution >= 4 is 0 Å². The second-order valence-electron chi connectivity index (χ2n) is 4.02. The van der Waals surface area contributed by atoms with E-state index in [0.29, 0.717) is 0 Å². The number of pyridine rings is 1. The summed E-state index contributed by atoms with van der Waals surface area (Å²) < 4.78 is 0. The topological polar surface area (TPSA) is 53.6 Å². The highest BCUT2D eigenvalue weighted by molar-refractivity contribution is 5.63. The molecule has 2 N–H and O–H groups in total. The summed E-state index contributed by atoms with van der Waals surface area (Å²) in [6.07, 6.45) is 5.73. The van der Waals surface area contributed by atoms with Crippen molar-refractivity contribution in [1.29, 1.82) is 0 Å². The molecule has 82 valence electrons. The zero-order chi connectivity index (χ0) is 10.8. The van der Waals surface area contributed by atoms with Gasteiger partial charge in [0.1, 0.15) is 0 Å². The first kappa shape index (κ1) is 9.54. The van der Waals surface area contributed by atoms with Gasteiger partial charge in [0.15, 0.2) is 0 Å². The molecule has 0 radical (unpaired) electrons. The minimum Gasteiger partial charge on any atom is -0.316 e. The molecule has 3 rings (SSSR count). The molecular weight excluding hydrogens is 200 g/mol. The van der Waals surface area contributed by atoms with Crippen LogP contribution in [0.5, 0.6) is 0 Å². The molecule has 1 aliphatic rings. The van der Waals surface area contributed by atoms with E-state index in [0.717, 1.165) is 37.2 Å². The van der Waals surface area contributed by atoms with Gasteiger partial charge in [-0.1, -0.05) is 0 Å². The molecule has 2 aromatic rings. The standard InChI is InChI=1S/C12H14N4/c1-2-9(8-14-5-1)12-10-3-6-13-7-4-11(10)15-16-12/h1-2,5,8,13H,3-4,6-7H2,(H,15,16). The van der Waals surface area contributed by atoms with Crippen molar-refractivity contribution in [3.05, 3.63) is 35.8 Å². The number of aromatic nitrogens is 3. The third kappa shape index (κ3) is 1.61. The van der Waals surface area contributed by atoms with Crippen molar-refractivity contribution in [2.75, 3.05) is 13.1 Å². The van der Waals surface area contributed by atoms with E-state index in [-0.39, 0.29) is 0 Å². The number of nitrogens with zero attached hydrogens (tertiary/aromatic N) is 2. The van der Waals surface area contributed by atoms with Gasteiger partial charge in [-0.3, -0.25) is 10.1 Å². The van der Waals surface area contributed by atoms with Gasteiger partial charge in [0, 0.05) is 42.2 Å². The third-order valence-electron chi connectivity index (χ3n) is 2.99. The highest BCUT2D eigenvalue weighted by atomic mass is 15.1. The molecule has 0 spiro atoms. The maximum Gasteiger partial charge on any atom is 0.0971 e. The van der Waals surface area contributed by atoms with Crippen LogP contribution in [-0.4, -0.2) is 28.3 Å². The smallest absolute Gasteiger partial charge is 0.0971 e. The number of rotatable bonds is 1. The van der Waals surface area contributed by atoms with Crippen molar-refractivity contribution in [1.82, 2.24) is 20.5 Å². The van der Waals surface area contributed by atoms with Crippen LogP contribution in [0.3, 0.4) is 0 Å². The summed E-state index contributed by atoms with van der Waals surface area (Å²) in [5.41, 5.74) is 4.77. The van der Waals surface area contributed by atoms with Crippen LogP contribution in [0.4, 0.5) is 0 Å². The normalized spacial score (nSPS) is 15.5. The van der Waals surface area contributed by atoms with Crippen molar-refractivity contribution in [3.63, 3.8) is 0 Å². The molecule has 16 heavy (non-hydrogen) atoms. The number of nitrogens with one attached hydrogen (secondary N) is 2. The minimum absolute atomic E-state index is 1.03. The molecule has 2 aromatic heterocycles. The van der Waals surface area contributed by atoms with Gasteiger partial charge in [-0.25, -0.2) is 0 Å². The van der Waals surface area contributed by atoms with E-state index in [4.69, 9.17) is 0 Å². The van der Waals surface area contributed by atoms with Crippen LogP contribution in [0, 0.1) is 0 Å². The van der Waals surface area contributed by atoms with Crippen LogP contribution in [0.1, 0.15) is 11.3 Å². The van der Waals surface area contributed by atoms with Gasteiger partial charge < -0.3 is 5.32 Å². The van der Waals surface area contributed by atoms with E-state index in [1.807, 2.05) is 12.3 Å². The molecule has 0 aromatic carbocycles. The average molecular weight is 214 g/mol. The highest BCUT2D eigenvalue weighted by Gasteiger charge is 2.16. The van der Waals surface area contributed by atoms with Gasteiger partial charge in [-0.05, 0) is 25.1 Å². The maximum atomic E-state index is 4.42. The summed E-state index contributed by atoms with van der Waals surface area (Å²) in [4.78, 5) is 4.14. The molecule has 0 fully saturated rings. The lowest BCUT2D eigenvalue weighted by Crippen LogP contribution is -2.16. The van der Waals surface area contributed by atoms with E-state index < -0.39 is 0 Å². The van der Waals surface area contributed by atoms with E-state index >= 15 is 0 Å². The summed E-state index contributed by atoms with van der Waals surface area (Å²) >= 11 is 0. The zero-order valence-corrected chi connectivity index (χ0v) is 9.03. The van der Waals surface area contributed by atoms with Crippen LogP contribution < -0.4 is 5.32 Å². The van der Waals surface area contributed by atoms with Crippen LogP contribution >= 0.6 is 0 Å². The van der Waals surface area contributed by atoms with Crippen LogP contribution in [-0.2, 0) is 12.8 Å². The molecule has 0 saturated heterocycles. The van der Waals surface area contributed by atoms with Crippen molar-refractivity contribution in [2.24, 2.45) is 0 Å². The fourth-order valence-electron chi connectivity index (χ4n) is 2.17. The molecule has 1 aliphatic heterocycles. The summed E-state index contributed by atoms with van der Waals surface area (Å²) in [7, 11) is 0. The predicted octanol–water partition coefficient (Wildman–Crippen LogP) is 1.16. The van der Waals surface area contributed by atoms with Gasteiger partial charge in [0.25, 0.3) is 0 Å². The number of H-pyrrole nitrogens is 1. The zero-order valence-electron chi connectivity index (χ0n) is 9.03. The first-order valence-electron chi connectivity index (χ1n) is 5.62. The summed E-state index contributed by atoms with van der Waals surface area (Å²) in [5.74, 6) is 0. The molecule has 3 heterocycles. The first-order chi connectivity index (χ1) is 7.95. The van der Waals surface area contributed by atoms with Gasteiger partial charge in [0.05, 0.1) is 5.69 Å². The van der Waals surface area contributed by atoms with Crippen LogP contribution in [0.25, 0.3) is 11.3 Å². The SMILES string of the molecule is c1cncc(-c2n[nH]c3c2CCNCC3)c1. The van der Waals surface area contributed by atoms with E-state index in [1.54, 1.807) is 6.20 Å². The Morgan fingerprint density at radius 2 is 2.12 bits per heavy atom. The molecular formula is C12H14N4. The van der Waals surface area contributed by atoms with Gasteiger partial charge in [-0.15, -0.1) is 0 Å². The fraction of sp³-hybridized carbons (Fsp3) is 0.333. The summed E-state index contributed by atoms with van der Waals surface area (Å²) in [6, 6.07) is 4.01. The summed E-state index contributed by atoms with van der Waals surface area (Å²) in [5, 5.41) is 11.0. The predicted molar refractivity (Wildman–Crippen MR) is 62.1 cm³/mol. The first-order valence-corrected chi connectivity index (χ1v) is 5.62. The average Bonchev–Trinajstić information content (AvgIpc) is 2.60. The lowest BCUT2D eigenvalue weighted by Gasteiger charge is -2.01. The number of fused-ring (bicyclic) bond motifs is 1. The number of hydrogen-bond acceptors (Lipinski definition) is 3. The monoisotopic (exact) mass is 214 g/mol. The van der Waals surface area contributed by atoms with Crippen molar-refractivity contribution in [3.8, 4) is 11.3 Å². The molecule has 0 bridgehead atoms. The van der Waals surface area contributed by atoms with E-state index in [9.17, 15) is 0 Å². The third-order valence-corrected chi connectivity index (χ3v) is 2.99. The Labute approximate surface area is 94.1 Å². The maximum absolute atomic E-state index is 4.42. The highest BCUT2D eigenvalue weighted by Crippen LogP contribution is 2.24. The quantitative estimate of drug-likeness (QED) is 0.749. The Morgan fingerprint density at radius 1 is 1.19 bits per heavy atom. The van der Waals surface area contributed by atoms with Crippen LogP contribution in [0.2, 0.25) is 0 Å². The van der Waals surface area contributed by atoms with E-state index in [1.165, 1.54) is 11.3 Å². The second-order valence-corrected chi connectivity index (χ2v) is 4.02. The molecule has 4 nitrogen and oxygen atoms in total. The van der Waals surface area contributed by atoms with Crippen molar-refractivity contribution in [2.45, 2.75) is 12.8 Å². The molecule has 4 heteroatoms. The molecule has 0 saturated carbocycles. The molecule has 0 amide bonds. The fourth-order valence-corrected chi connectivity index (χ4v) is 2.17. The Kier molecular flexibility index (Phi) is 2.42. The van der Waals surface area contributed by atoms with Crippen LogP contribution in [0.15, 0.2) is 24.5 Å². The van der Waals surface area contributed by atoms with Gasteiger partial charge >= 0.3 is 0 Å². The summed E-state index contributed by atoms with van der Waals surface area (Å²) in [6.45, 7) is 2.06. The van der Waals surface area contributed by atoms with Gasteiger partial charge in [0.2, 0.25) is 0 Å². The number of aromatic amines is 1. The largest absolute Gasteiger partial charge is 0.316 e. The van der Waals surface area contributed by atoms with Crippen molar-refractivity contribution < 1.29 is 0 Å².